The van der Waals surface area contributed by atoms with Crippen LogP contribution in [0.4, 0.5) is 0 Å². The first-order valence-corrected chi connectivity index (χ1v) is 6.47. The Labute approximate surface area is 98.5 Å². The minimum atomic E-state index is 0.685. The largest absolute Gasteiger partial charge is 0.317 e. The number of aromatic nitrogens is 1. The van der Waals surface area contributed by atoms with Crippen LogP contribution in [0.1, 0.15) is 37.8 Å². The van der Waals surface area contributed by atoms with E-state index in [4.69, 9.17) is 0 Å². The van der Waals surface area contributed by atoms with Crippen molar-refractivity contribution in [1.82, 2.24) is 10.3 Å². The summed E-state index contributed by atoms with van der Waals surface area (Å²) in [4.78, 5) is 4.38. The Kier molecular flexibility index (Phi) is 4.34. The van der Waals surface area contributed by atoms with Gasteiger partial charge < -0.3 is 5.32 Å². The zero-order chi connectivity index (χ0) is 11.2. The molecule has 1 N–H and O–H groups in total. The Balaban J connectivity index is 1.83. The fourth-order valence-corrected chi connectivity index (χ4v) is 2.82. The molecule has 2 rings (SSSR count). The molecule has 2 heteroatoms. The molecule has 0 radical (unpaired) electrons. The third-order valence-corrected chi connectivity index (χ3v) is 3.78. The fourth-order valence-electron chi connectivity index (χ4n) is 2.82. The van der Waals surface area contributed by atoms with E-state index in [0.29, 0.717) is 6.04 Å². The molecule has 1 aromatic rings. The maximum atomic E-state index is 4.38. The van der Waals surface area contributed by atoms with E-state index in [0.717, 1.165) is 12.3 Å². The van der Waals surface area contributed by atoms with Crippen LogP contribution in [-0.2, 0) is 6.42 Å². The van der Waals surface area contributed by atoms with E-state index in [1.165, 1.54) is 37.8 Å². The van der Waals surface area contributed by atoms with E-state index in [2.05, 4.69) is 29.5 Å². The van der Waals surface area contributed by atoms with Crippen molar-refractivity contribution < 1.29 is 0 Å². The quantitative estimate of drug-likeness (QED) is 0.822. The van der Waals surface area contributed by atoms with Crippen LogP contribution in [0.3, 0.4) is 0 Å². The van der Waals surface area contributed by atoms with E-state index < -0.39 is 0 Å². The summed E-state index contributed by atoms with van der Waals surface area (Å²) >= 11 is 0. The Morgan fingerprint density at radius 1 is 1.38 bits per heavy atom. The molecule has 0 saturated heterocycles. The molecule has 0 aromatic carbocycles. The number of nitrogens with one attached hydrogen (secondary N) is 1. The minimum Gasteiger partial charge on any atom is -0.317 e. The van der Waals surface area contributed by atoms with Crippen molar-refractivity contribution >= 4 is 0 Å². The maximum absolute atomic E-state index is 4.38. The Morgan fingerprint density at radius 3 is 2.81 bits per heavy atom. The second-order valence-corrected chi connectivity index (χ2v) is 4.80. The van der Waals surface area contributed by atoms with Gasteiger partial charge in [0, 0.05) is 17.9 Å². The molecule has 0 bridgehead atoms. The highest BCUT2D eigenvalue weighted by Gasteiger charge is 2.23. The molecule has 1 atom stereocenters. The van der Waals surface area contributed by atoms with Crippen LogP contribution in [0.2, 0.25) is 0 Å². The lowest BCUT2D eigenvalue weighted by Gasteiger charge is -2.22. The van der Waals surface area contributed by atoms with Gasteiger partial charge in [-0.2, -0.15) is 0 Å². The molecule has 1 aromatic heterocycles. The van der Waals surface area contributed by atoms with Crippen molar-refractivity contribution in [3.05, 3.63) is 30.1 Å². The number of pyridine rings is 1. The van der Waals surface area contributed by atoms with Crippen LogP contribution in [-0.4, -0.2) is 18.1 Å². The average Bonchev–Trinajstić information content (AvgIpc) is 2.85. The average molecular weight is 218 g/mol. The normalized spacial score (nSPS) is 18.8. The first-order chi connectivity index (χ1) is 7.90. The van der Waals surface area contributed by atoms with Crippen LogP contribution >= 0.6 is 0 Å². The van der Waals surface area contributed by atoms with Crippen molar-refractivity contribution in [3.8, 4) is 0 Å². The molecule has 0 aliphatic heterocycles. The van der Waals surface area contributed by atoms with Gasteiger partial charge in [-0.15, -0.1) is 0 Å². The lowest BCUT2D eigenvalue weighted by Crippen LogP contribution is -2.32. The van der Waals surface area contributed by atoms with Crippen molar-refractivity contribution in [2.75, 3.05) is 7.05 Å². The summed E-state index contributed by atoms with van der Waals surface area (Å²) in [6.45, 7) is 0. The highest BCUT2D eigenvalue weighted by molar-refractivity contribution is 5.04. The van der Waals surface area contributed by atoms with Crippen molar-refractivity contribution in [2.45, 2.75) is 44.6 Å². The molecule has 2 nitrogen and oxygen atoms in total. The van der Waals surface area contributed by atoms with E-state index in [1.54, 1.807) is 0 Å². The Bertz CT molecular complexity index is 291. The topological polar surface area (TPSA) is 24.9 Å². The molecule has 16 heavy (non-hydrogen) atoms. The minimum absolute atomic E-state index is 0.685. The van der Waals surface area contributed by atoms with E-state index >= 15 is 0 Å². The molecule has 1 fully saturated rings. The van der Waals surface area contributed by atoms with Crippen LogP contribution in [0.25, 0.3) is 0 Å². The van der Waals surface area contributed by atoms with Crippen LogP contribution in [0.15, 0.2) is 24.4 Å². The number of nitrogens with zero attached hydrogens (tertiary/aromatic N) is 1. The monoisotopic (exact) mass is 218 g/mol. The van der Waals surface area contributed by atoms with Gasteiger partial charge in [-0.3, -0.25) is 4.98 Å². The molecule has 1 unspecified atom stereocenters. The van der Waals surface area contributed by atoms with Crippen molar-refractivity contribution in [3.63, 3.8) is 0 Å². The van der Waals surface area contributed by atoms with Gasteiger partial charge in [-0.25, -0.2) is 0 Å². The number of hydrogen-bond donors (Lipinski definition) is 1. The number of aryl methyl sites for hydroxylation is 1. The van der Waals surface area contributed by atoms with Crippen molar-refractivity contribution in [2.24, 2.45) is 5.92 Å². The number of hydrogen-bond acceptors (Lipinski definition) is 2. The molecule has 1 aliphatic rings. The summed E-state index contributed by atoms with van der Waals surface area (Å²) in [5, 5.41) is 3.49. The molecular weight excluding hydrogens is 196 g/mol. The predicted octanol–water partition coefficient (Wildman–Crippen LogP) is 2.79. The van der Waals surface area contributed by atoms with Gasteiger partial charge in [0.15, 0.2) is 0 Å². The SMILES string of the molecule is CNC(CCc1ccccn1)C1CCCC1. The highest BCUT2D eigenvalue weighted by atomic mass is 14.9. The van der Waals surface area contributed by atoms with Gasteiger partial charge in [-0.05, 0) is 50.8 Å². The van der Waals surface area contributed by atoms with Crippen LogP contribution < -0.4 is 5.32 Å². The summed E-state index contributed by atoms with van der Waals surface area (Å²) in [6.07, 6.45) is 9.88. The van der Waals surface area contributed by atoms with Gasteiger partial charge in [0.1, 0.15) is 0 Å². The van der Waals surface area contributed by atoms with Crippen LogP contribution in [0, 0.1) is 5.92 Å². The molecule has 0 spiro atoms. The van der Waals surface area contributed by atoms with E-state index in [1.807, 2.05) is 12.3 Å². The van der Waals surface area contributed by atoms with Gasteiger partial charge in [0.2, 0.25) is 0 Å². The van der Waals surface area contributed by atoms with Gasteiger partial charge >= 0.3 is 0 Å². The fraction of sp³-hybridized carbons (Fsp3) is 0.643. The highest BCUT2D eigenvalue weighted by Crippen LogP contribution is 2.29. The summed E-state index contributed by atoms with van der Waals surface area (Å²) in [5.41, 5.74) is 1.22. The first kappa shape index (κ1) is 11.6. The molecule has 1 aliphatic carbocycles. The van der Waals surface area contributed by atoms with Gasteiger partial charge in [0.25, 0.3) is 0 Å². The van der Waals surface area contributed by atoms with E-state index in [9.17, 15) is 0 Å². The summed E-state index contributed by atoms with van der Waals surface area (Å²) in [6, 6.07) is 6.87. The standard InChI is InChI=1S/C14H22N2/c1-15-14(12-6-2-3-7-12)10-9-13-8-4-5-11-16-13/h4-5,8,11-12,14-15H,2-3,6-7,9-10H2,1H3. The smallest absolute Gasteiger partial charge is 0.0404 e. The van der Waals surface area contributed by atoms with E-state index in [-0.39, 0.29) is 0 Å². The zero-order valence-corrected chi connectivity index (χ0v) is 10.2. The van der Waals surface area contributed by atoms with Crippen LogP contribution in [0.5, 0.6) is 0 Å². The van der Waals surface area contributed by atoms with Crippen molar-refractivity contribution in [1.29, 1.82) is 0 Å². The summed E-state index contributed by atoms with van der Waals surface area (Å²) in [5.74, 6) is 0.897. The lowest BCUT2D eigenvalue weighted by atomic mass is 9.93. The molecular formula is C14H22N2. The second-order valence-electron chi connectivity index (χ2n) is 4.80. The zero-order valence-electron chi connectivity index (χ0n) is 10.2. The number of rotatable bonds is 5. The Hall–Kier alpha value is -0.890. The predicted molar refractivity (Wildman–Crippen MR) is 67.4 cm³/mol. The maximum Gasteiger partial charge on any atom is 0.0404 e. The molecule has 88 valence electrons. The third-order valence-electron chi connectivity index (χ3n) is 3.78. The van der Waals surface area contributed by atoms with Gasteiger partial charge in [-0.1, -0.05) is 18.9 Å². The molecule has 1 heterocycles. The lowest BCUT2D eigenvalue weighted by molar-refractivity contribution is 0.359. The second kappa shape index (κ2) is 6.00. The first-order valence-electron chi connectivity index (χ1n) is 6.47. The van der Waals surface area contributed by atoms with Gasteiger partial charge in [0.05, 0.1) is 0 Å². The molecule has 0 amide bonds. The summed E-state index contributed by atoms with van der Waals surface area (Å²) in [7, 11) is 2.10. The Morgan fingerprint density at radius 2 is 2.19 bits per heavy atom. The summed E-state index contributed by atoms with van der Waals surface area (Å²) < 4.78 is 0. The molecule has 1 saturated carbocycles. The third kappa shape index (κ3) is 3.05.